The van der Waals surface area contributed by atoms with Gasteiger partial charge in [0.25, 0.3) is 0 Å². The van der Waals surface area contributed by atoms with Crippen molar-refractivity contribution < 1.29 is 14.3 Å². The number of fused-ring (bicyclic) bond motifs is 1. The Bertz CT molecular complexity index is 1570. The fourth-order valence-electron chi connectivity index (χ4n) is 5.98. The SMILES string of the molecule is CC(C)(C)c1ccc(OC2CCCC2)c(NC(=O)Nc2ccc(-c3ccc(CN4CCOCC4)nc3)c3ccccc23)c1. The molecule has 0 spiro atoms. The Morgan fingerprint density at radius 2 is 1.67 bits per heavy atom. The molecule has 1 aliphatic carbocycles. The van der Waals surface area contributed by atoms with Crippen LogP contribution in [0.3, 0.4) is 0 Å². The van der Waals surface area contributed by atoms with Crippen LogP contribution in [0.4, 0.5) is 16.2 Å². The second-order valence-corrected chi connectivity index (χ2v) is 12.7. The first-order valence-electron chi connectivity index (χ1n) is 15.5. The van der Waals surface area contributed by atoms with Gasteiger partial charge in [-0.1, -0.05) is 63.2 Å². The molecule has 1 saturated carbocycles. The van der Waals surface area contributed by atoms with E-state index in [9.17, 15) is 4.79 Å². The predicted octanol–water partition coefficient (Wildman–Crippen LogP) is 8.00. The third-order valence-electron chi connectivity index (χ3n) is 8.49. The molecule has 0 bridgehead atoms. The number of urea groups is 1. The maximum absolute atomic E-state index is 13.4. The fourth-order valence-corrected chi connectivity index (χ4v) is 5.98. The minimum Gasteiger partial charge on any atom is -0.488 e. The molecule has 0 unspecified atom stereocenters. The molecule has 224 valence electrons. The lowest BCUT2D eigenvalue weighted by molar-refractivity contribution is 0.0336. The summed E-state index contributed by atoms with van der Waals surface area (Å²) < 4.78 is 11.8. The highest BCUT2D eigenvalue weighted by Gasteiger charge is 2.22. The predicted molar refractivity (Wildman–Crippen MR) is 174 cm³/mol. The van der Waals surface area contributed by atoms with E-state index in [0.717, 1.165) is 90.3 Å². The first-order chi connectivity index (χ1) is 20.8. The van der Waals surface area contributed by atoms with E-state index in [2.05, 4.69) is 66.6 Å². The number of carbonyl (C=O) groups is 1. The summed E-state index contributed by atoms with van der Waals surface area (Å²) in [5.74, 6) is 0.722. The molecule has 43 heavy (non-hydrogen) atoms. The summed E-state index contributed by atoms with van der Waals surface area (Å²) in [5.41, 5.74) is 5.71. The first-order valence-corrected chi connectivity index (χ1v) is 15.5. The van der Waals surface area contributed by atoms with Gasteiger partial charge in [-0.05, 0) is 71.9 Å². The number of aromatic nitrogens is 1. The van der Waals surface area contributed by atoms with Crippen LogP contribution >= 0.6 is 0 Å². The van der Waals surface area contributed by atoms with Crippen molar-refractivity contribution in [3.05, 3.63) is 84.2 Å². The molecule has 3 aromatic carbocycles. The van der Waals surface area contributed by atoms with Crippen LogP contribution in [-0.2, 0) is 16.7 Å². The smallest absolute Gasteiger partial charge is 0.323 e. The van der Waals surface area contributed by atoms with Gasteiger partial charge in [-0.3, -0.25) is 9.88 Å². The van der Waals surface area contributed by atoms with Gasteiger partial charge in [0, 0.05) is 36.8 Å². The van der Waals surface area contributed by atoms with Crippen molar-refractivity contribution in [1.82, 2.24) is 9.88 Å². The van der Waals surface area contributed by atoms with Crippen LogP contribution in [0, 0.1) is 0 Å². The minimum absolute atomic E-state index is 0.0552. The van der Waals surface area contributed by atoms with E-state index in [1.165, 1.54) is 12.8 Å². The van der Waals surface area contributed by atoms with Crippen LogP contribution in [0.15, 0.2) is 72.9 Å². The molecule has 0 atom stereocenters. The summed E-state index contributed by atoms with van der Waals surface area (Å²) in [6, 6.07) is 22.3. The molecule has 7 heteroatoms. The second-order valence-electron chi connectivity index (χ2n) is 12.7. The van der Waals surface area contributed by atoms with Crippen LogP contribution < -0.4 is 15.4 Å². The average molecular weight is 579 g/mol. The van der Waals surface area contributed by atoms with E-state index >= 15 is 0 Å². The van der Waals surface area contributed by atoms with Crippen molar-refractivity contribution in [1.29, 1.82) is 0 Å². The van der Waals surface area contributed by atoms with Crippen molar-refractivity contribution in [2.45, 2.75) is 64.5 Å². The Labute approximate surface area is 254 Å². The highest BCUT2D eigenvalue weighted by atomic mass is 16.5. The van der Waals surface area contributed by atoms with Gasteiger partial charge in [-0.2, -0.15) is 0 Å². The molecular formula is C36H42N4O3. The number of amides is 2. The summed E-state index contributed by atoms with van der Waals surface area (Å²) in [4.78, 5) is 20.6. The maximum Gasteiger partial charge on any atom is 0.323 e. The summed E-state index contributed by atoms with van der Waals surface area (Å²) in [5, 5.41) is 8.24. The zero-order valence-electron chi connectivity index (χ0n) is 25.5. The highest BCUT2D eigenvalue weighted by Crippen LogP contribution is 2.36. The van der Waals surface area contributed by atoms with E-state index in [0.29, 0.717) is 5.69 Å². The molecule has 1 saturated heterocycles. The third kappa shape index (κ3) is 7.00. The molecule has 6 rings (SSSR count). The Hall–Kier alpha value is -3.94. The van der Waals surface area contributed by atoms with Crippen LogP contribution in [0.5, 0.6) is 5.75 Å². The first kappa shape index (κ1) is 29.1. The standard InChI is InChI=1S/C36H42N4O3/c1-36(2,3)26-13-17-34(43-28-8-4-5-9-28)33(22-26)39-35(41)38-32-16-15-29(30-10-6-7-11-31(30)32)25-12-14-27(37-23-25)24-40-18-20-42-21-19-40/h6-7,10-17,22-23,28H,4-5,8-9,18-21,24H2,1-3H3,(H2,38,39,41). The summed E-state index contributed by atoms with van der Waals surface area (Å²) in [6.07, 6.45) is 6.63. The van der Waals surface area contributed by atoms with Gasteiger partial charge in [0.05, 0.1) is 36.4 Å². The van der Waals surface area contributed by atoms with Crippen LogP contribution in [0.1, 0.15) is 57.7 Å². The van der Waals surface area contributed by atoms with Crippen molar-refractivity contribution in [2.75, 3.05) is 36.9 Å². The molecule has 1 aromatic heterocycles. The molecule has 2 N–H and O–H groups in total. The van der Waals surface area contributed by atoms with Gasteiger partial charge in [0.2, 0.25) is 0 Å². The maximum atomic E-state index is 13.4. The lowest BCUT2D eigenvalue weighted by Gasteiger charge is -2.26. The molecule has 2 fully saturated rings. The number of nitrogens with one attached hydrogen (secondary N) is 2. The molecule has 2 aliphatic rings. The number of rotatable bonds is 7. The normalized spacial score (nSPS) is 16.3. The van der Waals surface area contributed by atoms with Crippen molar-refractivity contribution >= 4 is 28.2 Å². The van der Waals surface area contributed by atoms with Gasteiger partial charge in [0.1, 0.15) is 5.75 Å². The van der Waals surface area contributed by atoms with Gasteiger partial charge < -0.3 is 20.1 Å². The van der Waals surface area contributed by atoms with Crippen LogP contribution in [0.2, 0.25) is 0 Å². The number of pyridine rings is 1. The average Bonchev–Trinajstić information content (AvgIpc) is 3.52. The molecular weight excluding hydrogens is 536 g/mol. The van der Waals surface area contributed by atoms with Gasteiger partial charge in [0.15, 0.2) is 0 Å². The Balaban J connectivity index is 1.22. The quantitative estimate of drug-likeness (QED) is 0.232. The lowest BCUT2D eigenvalue weighted by atomic mass is 9.87. The molecule has 4 aromatic rings. The molecule has 7 nitrogen and oxygen atoms in total. The number of carbonyl (C=O) groups excluding carboxylic acids is 1. The Morgan fingerprint density at radius 3 is 2.40 bits per heavy atom. The van der Waals surface area contributed by atoms with E-state index in [-0.39, 0.29) is 17.6 Å². The van der Waals surface area contributed by atoms with E-state index in [4.69, 9.17) is 14.5 Å². The summed E-state index contributed by atoms with van der Waals surface area (Å²) >= 11 is 0. The number of ether oxygens (including phenoxy) is 2. The van der Waals surface area contributed by atoms with Crippen molar-refractivity contribution in [3.63, 3.8) is 0 Å². The van der Waals surface area contributed by atoms with Gasteiger partial charge in [-0.15, -0.1) is 0 Å². The van der Waals surface area contributed by atoms with Crippen molar-refractivity contribution in [3.8, 4) is 16.9 Å². The Kier molecular flexibility index (Phi) is 8.63. The van der Waals surface area contributed by atoms with E-state index < -0.39 is 0 Å². The van der Waals surface area contributed by atoms with Crippen LogP contribution in [0.25, 0.3) is 21.9 Å². The number of anilines is 2. The molecule has 2 amide bonds. The van der Waals surface area contributed by atoms with E-state index in [1.54, 1.807) is 0 Å². The number of benzene rings is 3. The second kappa shape index (κ2) is 12.7. The molecule has 2 heterocycles. The lowest BCUT2D eigenvalue weighted by Crippen LogP contribution is -2.35. The number of nitrogens with zero attached hydrogens (tertiary/aromatic N) is 2. The van der Waals surface area contributed by atoms with Crippen molar-refractivity contribution in [2.24, 2.45) is 0 Å². The fraction of sp³-hybridized carbons (Fsp3) is 0.389. The monoisotopic (exact) mass is 578 g/mol. The van der Waals surface area contributed by atoms with Crippen LogP contribution in [-0.4, -0.2) is 48.3 Å². The minimum atomic E-state index is -0.297. The van der Waals surface area contributed by atoms with Gasteiger partial charge >= 0.3 is 6.03 Å². The number of hydrogen-bond acceptors (Lipinski definition) is 5. The number of hydrogen-bond donors (Lipinski definition) is 2. The zero-order valence-corrected chi connectivity index (χ0v) is 25.5. The summed E-state index contributed by atoms with van der Waals surface area (Å²) in [7, 11) is 0. The molecule has 0 radical (unpaired) electrons. The highest BCUT2D eigenvalue weighted by molar-refractivity contribution is 6.10. The third-order valence-corrected chi connectivity index (χ3v) is 8.49. The summed E-state index contributed by atoms with van der Waals surface area (Å²) in [6.45, 7) is 10.8. The topological polar surface area (TPSA) is 75.7 Å². The van der Waals surface area contributed by atoms with E-state index in [1.807, 2.05) is 42.6 Å². The zero-order chi connectivity index (χ0) is 29.8. The Morgan fingerprint density at radius 1 is 0.930 bits per heavy atom. The number of morpholine rings is 1. The largest absolute Gasteiger partial charge is 0.488 e. The van der Waals surface area contributed by atoms with Gasteiger partial charge in [-0.25, -0.2) is 4.79 Å². The molecule has 1 aliphatic heterocycles.